The first kappa shape index (κ1) is 25.8. The Labute approximate surface area is 184 Å². The molecule has 0 aliphatic heterocycles. The Bertz CT molecular complexity index is 1160. The monoisotopic (exact) mass is 422 g/mol. The molecule has 0 fully saturated rings. The number of fused-ring (bicyclic) bond motifs is 2. The summed E-state index contributed by atoms with van der Waals surface area (Å²) in [4.78, 5) is 30.7. The molecule has 0 aliphatic carbocycles. The number of pyridine rings is 1. The maximum Gasteiger partial charge on any atom is 0.260 e. The van der Waals surface area contributed by atoms with Crippen molar-refractivity contribution in [3.8, 4) is 0 Å². The lowest BCUT2D eigenvalue weighted by atomic mass is 10.2. The summed E-state index contributed by atoms with van der Waals surface area (Å²) >= 11 is 0. The van der Waals surface area contributed by atoms with E-state index >= 15 is 0 Å². The Morgan fingerprint density at radius 2 is 1.35 bits per heavy atom. The maximum atomic E-state index is 11.5. The van der Waals surface area contributed by atoms with E-state index in [-0.39, 0.29) is 11.1 Å². The van der Waals surface area contributed by atoms with Crippen molar-refractivity contribution in [3.63, 3.8) is 0 Å². The largest absolute Gasteiger partial charge is 0.302 e. The van der Waals surface area contributed by atoms with Gasteiger partial charge in [-0.2, -0.15) is 0 Å². The first-order valence-corrected chi connectivity index (χ1v) is 10.5. The Balaban J connectivity index is 0.000000233. The number of rotatable bonds is 0. The number of hydrogen-bond donors (Lipinski definition) is 0. The lowest BCUT2D eigenvalue weighted by Crippen LogP contribution is -2.16. The lowest BCUT2D eigenvalue weighted by Gasteiger charge is -1.97. The molecule has 0 unspecified atom stereocenters. The second kappa shape index (κ2) is 13.1. The molecule has 4 aromatic rings. The molecule has 3 heterocycles. The Morgan fingerprint density at radius 3 is 1.97 bits per heavy atom. The van der Waals surface area contributed by atoms with Gasteiger partial charge in [0.2, 0.25) is 0 Å². The summed E-state index contributed by atoms with van der Waals surface area (Å²) < 4.78 is 2.97. The Kier molecular flexibility index (Phi) is 10.9. The molecule has 0 spiro atoms. The van der Waals surface area contributed by atoms with Gasteiger partial charge in [-0.05, 0) is 36.1 Å². The van der Waals surface area contributed by atoms with Crippen molar-refractivity contribution in [2.24, 2.45) is 18.9 Å². The van der Waals surface area contributed by atoms with Crippen LogP contribution in [0.2, 0.25) is 0 Å². The highest BCUT2D eigenvalue weighted by Gasteiger charge is 1.98. The standard InChI is InChI=1S/C9H8N2O.C8H6N2O.2C4H10/c1-11-6-10-8-5-3-2-4-7(8)9(11)12;11-8-4-5-9-7-3-1-2-6-10(7)8;2*1-4(2)3/h2-6H,1H3;1-6H;2*4H,1-3H3. The zero-order valence-corrected chi connectivity index (χ0v) is 19.6. The summed E-state index contributed by atoms with van der Waals surface area (Å²) in [5, 5.41) is 0.669. The first-order valence-electron chi connectivity index (χ1n) is 10.5. The van der Waals surface area contributed by atoms with Crippen LogP contribution in [0.1, 0.15) is 41.5 Å². The molecule has 0 bridgehead atoms. The SMILES string of the molecule is CC(C)C.CC(C)C.Cn1cnc2ccccc2c1=O.O=c1ccnc2ccccn12. The smallest absolute Gasteiger partial charge is 0.260 e. The van der Waals surface area contributed by atoms with Crippen molar-refractivity contribution in [2.75, 3.05) is 0 Å². The van der Waals surface area contributed by atoms with E-state index in [9.17, 15) is 9.59 Å². The van der Waals surface area contributed by atoms with Crippen LogP contribution in [-0.4, -0.2) is 18.9 Å². The fraction of sp³-hybridized carbons (Fsp3) is 0.360. The number of aryl methyl sites for hydroxylation is 1. The van der Waals surface area contributed by atoms with Gasteiger partial charge in [-0.3, -0.25) is 14.0 Å². The van der Waals surface area contributed by atoms with Crippen molar-refractivity contribution in [1.82, 2.24) is 18.9 Å². The molecule has 4 rings (SSSR count). The second-order valence-electron chi connectivity index (χ2n) is 8.35. The predicted octanol–water partition coefficient (Wildman–Crippen LogP) is 4.95. The molecule has 0 saturated carbocycles. The molecule has 0 amide bonds. The van der Waals surface area contributed by atoms with Gasteiger partial charge < -0.3 is 4.57 Å². The molecule has 166 valence electrons. The van der Waals surface area contributed by atoms with Crippen molar-refractivity contribution in [1.29, 1.82) is 0 Å². The molecule has 3 aromatic heterocycles. The van der Waals surface area contributed by atoms with Crippen molar-refractivity contribution in [3.05, 3.63) is 88.0 Å². The highest BCUT2D eigenvalue weighted by Crippen LogP contribution is 2.03. The number of benzene rings is 1. The molecule has 0 aliphatic rings. The third-order valence-electron chi connectivity index (χ3n) is 3.32. The van der Waals surface area contributed by atoms with Gasteiger partial charge in [0.05, 0.1) is 17.2 Å². The van der Waals surface area contributed by atoms with E-state index < -0.39 is 0 Å². The van der Waals surface area contributed by atoms with Crippen LogP contribution in [0.25, 0.3) is 16.6 Å². The van der Waals surface area contributed by atoms with Gasteiger partial charge in [0.25, 0.3) is 11.1 Å². The Morgan fingerprint density at radius 1 is 0.774 bits per heavy atom. The minimum atomic E-state index is -0.0457. The minimum absolute atomic E-state index is 0.000556. The molecule has 0 saturated heterocycles. The van der Waals surface area contributed by atoms with Crippen LogP contribution in [0, 0.1) is 11.8 Å². The van der Waals surface area contributed by atoms with Crippen molar-refractivity contribution >= 4 is 16.6 Å². The summed E-state index contributed by atoms with van der Waals surface area (Å²) in [6, 6.07) is 14.2. The van der Waals surface area contributed by atoms with Crippen LogP contribution < -0.4 is 11.1 Å². The van der Waals surface area contributed by atoms with Crippen LogP contribution in [0.3, 0.4) is 0 Å². The van der Waals surface area contributed by atoms with Crippen LogP contribution in [0.5, 0.6) is 0 Å². The molecule has 0 radical (unpaired) electrons. The minimum Gasteiger partial charge on any atom is -0.302 e. The lowest BCUT2D eigenvalue weighted by molar-refractivity contribution is 0.736. The molecule has 6 nitrogen and oxygen atoms in total. The predicted molar refractivity (Wildman–Crippen MR) is 129 cm³/mol. The van der Waals surface area contributed by atoms with E-state index in [1.807, 2.05) is 24.3 Å². The average molecular weight is 423 g/mol. The van der Waals surface area contributed by atoms with Gasteiger partial charge in [-0.15, -0.1) is 0 Å². The molecular weight excluding hydrogens is 388 g/mol. The van der Waals surface area contributed by atoms with Gasteiger partial charge >= 0.3 is 0 Å². The van der Waals surface area contributed by atoms with Gasteiger partial charge in [-0.1, -0.05) is 59.7 Å². The van der Waals surface area contributed by atoms with Gasteiger partial charge in [0.1, 0.15) is 5.65 Å². The van der Waals surface area contributed by atoms with Crippen LogP contribution in [0.4, 0.5) is 0 Å². The van der Waals surface area contributed by atoms with Crippen molar-refractivity contribution < 1.29 is 0 Å². The summed E-state index contributed by atoms with van der Waals surface area (Å²) in [7, 11) is 1.70. The second-order valence-corrected chi connectivity index (χ2v) is 8.35. The van der Waals surface area contributed by atoms with Gasteiger partial charge in [0, 0.05) is 25.5 Å². The molecule has 0 N–H and O–H groups in total. The molecule has 31 heavy (non-hydrogen) atoms. The number of para-hydroxylation sites is 1. The number of aromatic nitrogens is 4. The molecule has 0 atom stereocenters. The van der Waals surface area contributed by atoms with E-state index in [0.29, 0.717) is 11.0 Å². The normalized spacial score (nSPS) is 9.97. The summed E-state index contributed by atoms with van der Waals surface area (Å²) in [6.45, 7) is 13.0. The molecule has 1 aromatic carbocycles. The summed E-state index contributed by atoms with van der Waals surface area (Å²) in [5.74, 6) is 1.67. The maximum absolute atomic E-state index is 11.5. The zero-order valence-electron chi connectivity index (χ0n) is 19.6. The van der Waals surface area contributed by atoms with E-state index in [4.69, 9.17) is 0 Å². The highest BCUT2D eigenvalue weighted by molar-refractivity contribution is 5.76. The summed E-state index contributed by atoms with van der Waals surface area (Å²) in [6.07, 6.45) is 4.74. The van der Waals surface area contributed by atoms with Gasteiger partial charge in [0.15, 0.2) is 0 Å². The van der Waals surface area contributed by atoms with E-state index in [1.165, 1.54) is 27.6 Å². The third kappa shape index (κ3) is 9.38. The highest BCUT2D eigenvalue weighted by atomic mass is 16.1. The van der Waals surface area contributed by atoms with E-state index in [0.717, 1.165) is 17.4 Å². The third-order valence-corrected chi connectivity index (χ3v) is 3.32. The fourth-order valence-corrected chi connectivity index (χ4v) is 2.14. The number of nitrogens with zero attached hydrogens (tertiary/aromatic N) is 4. The molecular formula is C25H34N4O2. The van der Waals surface area contributed by atoms with E-state index in [1.54, 1.807) is 31.4 Å². The number of hydrogen-bond acceptors (Lipinski definition) is 4. The Hall–Kier alpha value is -3.28. The zero-order chi connectivity index (χ0) is 23.4. The molecule has 6 heteroatoms. The fourth-order valence-electron chi connectivity index (χ4n) is 2.14. The van der Waals surface area contributed by atoms with Crippen LogP contribution >= 0.6 is 0 Å². The quantitative estimate of drug-likeness (QED) is 0.402. The van der Waals surface area contributed by atoms with Crippen molar-refractivity contribution in [2.45, 2.75) is 41.5 Å². The van der Waals surface area contributed by atoms with E-state index in [2.05, 4.69) is 51.5 Å². The first-order chi connectivity index (χ1) is 14.6. The topological polar surface area (TPSA) is 69.3 Å². The van der Waals surface area contributed by atoms with Crippen LogP contribution in [-0.2, 0) is 7.05 Å². The van der Waals surface area contributed by atoms with Crippen LogP contribution in [0.15, 0.2) is 76.8 Å². The van der Waals surface area contributed by atoms with Gasteiger partial charge in [-0.25, -0.2) is 9.97 Å². The average Bonchev–Trinajstić information content (AvgIpc) is 2.71. The summed E-state index contributed by atoms with van der Waals surface area (Å²) in [5.41, 5.74) is 1.39.